The average molecular weight is 508 g/mol. The largest absolute Gasteiger partial charge is 0.434 e. The van der Waals surface area contributed by atoms with Crippen LogP contribution in [0.15, 0.2) is 49.2 Å². The van der Waals surface area contributed by atoms with Crippen molar-refractivity contribution in [3.8, 4) is 17.0 Å². The van der Waals surface area contributed by atoms with E-state index in [1.807, 2.05) is 0 Å². The predicted molar refractivity (Wildman–Crippen MR) is 131 cm³/mol. The van der Waals surface area contributed by atoms with E-state index >= 15 is 0 Å². The summed E-state index contributed by atoms with van der Waals surface area (Å²) in [5, 5.41) is 19.2. The van der Waals surface area contributed by atoms with E-state index in [4.69, 9.17) is 9.84 Å². The first-order valence-electron chi connectivity index (χ1n) is 11.8. The number of nitrogens with zero attached hydrogens (tertiary/aromatic N) is 7. The van der Waals surface area contributed by atoms with Gasteiger partial charge in [-0.25, -0.2) is 9.50 Å². The fraction of sp³-hybridized carbons (Fsp3) is 0.292. The molecule has 0 bridgehead atoms. The van der Waals surface area contributed by atoms with E-state index in [0.717, 1.165) is 19.4 Å². The van der Waals surface area contributed by atoms with Crippen molar-refractivity contribution in [2.75, 3.05) is 18.9 Å². The molecular weight excluding hydrogens is 484 g/mol. The number of aromatic nitrogens is 7. The number of likely N-dealkylation sites (N-methyl/N-ethyl adjacent to an activating group) is 1. The predicted octanol–water partition coefficient (Wildman–Crippen LogP) is 3.42. The highest BCUT2D eigenvalue weighted by atomic mass is 19.3. The Hall–Kier alpha value is -4.39. The monoisotopic (exact) mass is 507 g/mol. The minimum atomic E-state index is -3.05. The number of rotatable bonds is 7. The lowest BCUT2D eigenvalue weighted by atomic mass is 10.1. The topological polar surface area (TPSA) is 118 Å². The number of alkyl halides is 2. The standard InChI is InChI=1S/C24H23F2N9O2/c1-33-6-2-4-15(33)12-34-13-19(30-23(36)17-11-29-35-7-3-5-27-22(17)35)21(32-34)16-8-14-10-28-31-18(14)9-20(16)37-24(25)26/h3,5,7-11,13,15,24H,2,4,6,12H2,1H3,(H,28,31)(H,30,36)/t15-/m1/s1. The van der Waals surface area contributed by atoms with Crippen LogP contribution in [-0.2, 0) is 6.54 Å². The molecule has 190 valence electrons. The molecule has 5 heterocycles. The molecule has 11 nitrogen and oxygen atoms in total. The second-order valence-corrected chi connectivity index (χ2v) is 8.97. The highest BCUT2D eigenvalue weighted by Gasteiger charge is 2.25. The number of aromatic amines is 1. The molecule has 0 unspecified atom stereocenters. The van der Waals surface area contributed by atoms with Gasteiger partial charge in [0.2, 0.25) is 0 Å². The third kappa shape index (κ3) is 4.37. The number of carbonyl (C=O) groups is 1. The van der Waals surface area contributed by atoms with E-state index in [0.29, 0.717) is 40.0 Å². The Bertz CT molecular complexity index is 1590. The van der Waals surface area contributed by atoms with Crippen LogP contribution in [0.1, 0.15) is 23.2 Å². The second kappa shape index (κ2) is 9.24. The van der Waals surface area contributed by atoms with Gasteiger partial charge in [-0.3, -0.25) is 14.6 Å². The highest BCUT2D eigenvalue weighted by Crippen LogP contribution is 2.38. The van der Waals surface area contributed by atoms with Gasteiger partial charge in [0.25, 0.3) is 5.91 Å². The molecule has 1 fully saturated rings. The number of carbonyl (C=O) groups excluding carboxylic acids is 1. The van der Waals surface area contributed by atoms with Crippen molar-refractivity contribution in [2.45, 2.75) is 32.0 Å². The van der Waals surface area contributed by atoms with E-state index in [9.17, 15) is 13.6 Å². The number of benzene rings is 1. The van der Waals surface area contributed by atoms with Crippen LogP contribution >= 0.6 is 0 Å². The fourth-order valence-electron chi connectivity index (χ4n) is 4.76. The van der Waals surface area contributed by atoms with E-state index in [-0.39, 0.29) is 17.4 Å². The SMILES string of the molecule is CN1CCC[C@@H]1Cn1cc(NC(=O)c2cnn3cccnc23)c(-c2cc3cn[nH]c3cc2OC(F)F)n1. The van der Waals surface area contributed by atoms with Gasteiger partial charge in [-0.05, 0) is 38.6 Å². The maximum Gasteiger partial charge on any atom is 0.387 e. The number of H-pyrrole nitrogens is 1. The molecule has 1 aliphatic heterocycles. The van der Waals surface area contributed by atoms with Gasteiger partial charge in [0, 0.05) is 41.6 Å². The van der Waals surface area contributed by atoms with Crippen LogP contribution in [-0.4, -0.2) is 71.6 Å². The quantitative estimate of drug-likeness (QED) is 0.347. The lowest BCUT2D eigenvalue weighted by Crippen LogP contribution is -2.29. The number of fused-ring (bicyclic) bond motifs is 2. The lowest BCUT2D eigenvalue weighted by molar-refractivity contribution is -0.0493. The first-order chi connectivity index (χ1) is 18.0. The summed E-state index contributed by atoms with van der Waals surface area (Å²) in [4.78, 5) is 19.8. The zero-order chi connectivity index (χ0) is 25.5. The van der Waals surface area contributed by atoms with Crippen molar-refractivity contribution >= 4 is 28.1 Å². The summed E-state index contributed by atoms with van der Waals surface area (Å²) < 4.78 is 34.8. The molecule has 0 aliphatic carbocycles. The molecule has 0 spiro atoms. The van der Waals surface area contributed by atoms with Crippen molar-refractivity contribution in [2.24, 2.45) is 0 Å². The van der Waals surface area contributed by atoms with E-state index in [1.54, 1.807) is 41.6 Å². The molecule has 2 N–H and O–H groups in total. The van der Waals surface area contributed by atoms with Gasteiger partial charge in [0.1, 0.15) is 17.0 Å². The molecule has 5 aromatic rings. The zero-order valence-electron chi connectivity index (χ0n) is 19.8. The van der Waals surface area contributed by atoms with Crippen molar-refractivity contribution < 1.29 is 18.3 Å². The van der Waals surface area contributed by atoms with Crippen LogP contribution in [0, 0.1) is 0 Å². The summed E-state index contributed by atoms with van der Waals surface area (Å²) >= 11 is 0. The van der Waals surface area contributed by atoms with Gasteiger partial charge in [0.15, 0.2) is 5.65 Å². The minimum absolute atomic E-state index is 0.0804. The van der Waals surface area contributed by atoms with Crippen LogP contribution in [0.2, 0.25) is 0 Å². The van der Waals surface area contributed by atoms with E-state index in [1.165, 1.54) is 16.8 Å². The number of hydrogen-bond acceptors (Lipinski definition) is 7. The molecule has 1 saturated heterocycles. The number of anilines is 1. The van der Waals surface area contributed by atoms with Crippen LogP contribution < -0.4 is 10.1 Å². The number of likely N-dealkylation sites (tertiary alicyclic amines) is 1. The molecule has 1 aliphatic rings. The molecule has 1 amide bonds. The molecule has 13 heteroatoms. The van der Waals surface area contributed by atoms with Gasteiger partial charge in [-0.15, -0.1) is 0 Å². The molecule has 0 radical (unpaired) electrons. The van der Waals surface area contributed by atoms with Crippen LogP contribution in [0.3, 0.4) is 0 Å². The number of amides is 1. The summed E-state index contributed by atoms with van der Waals surface area (Å²) in [5.41, 5.74) is 2.16. The Morgan fingerprint density at radius 2 is 2.22 bits per heavy atom. The molecule has 1 aromatic carbocycles. The van der Waals surface area contributed by atoms with Crippen LogP contribution in [0.25, 0.3) is 27.8 Å². The lowest BCUT2D eigenvalue weighted by Gasteiger charge is -2.18. The van der Waals surface area contributed by atoms with Gasteiger partial charge in [-0.2, -0.15) is 24.1 Å². The van der Waals surface area contributed by atoms with Crippen molar-refractivity contribution in [3.63, 3.8) is 0 Å². The molecule has 1 atom stereocenters. The Morgan fingerprint density at radius 1 is 1.32 bits per heavy atom. The minimum Gasteiger partial charge on any atom is -0.434 e. The summed E-state index contributed by atoms with van der Waals surface area (Å²) in [6.07, 6.45) is 10.1. The van der Waals surface area contributed by atoms with E-state index in [2.05, 4.69) is 37.5 Å². The molecule has 37 heavy (non-hydrogen) atoms. The third-order valence-electron chi connectivity index (χ3n) is 6.61. The maximum atomic E-state index is 13.3. The highest BCUT2D eigenvalue weighted by molar-refractivity contribution is 6.09. The number of ether oxygens (including phenoxy) is 1. The average Bonchev–Trinajstić information content (AvgIpc) is 3.66. The summed E-state index contributed by atoms with van der Waals surface area (Å²) in [6.45, 7) is -1.47. The molecule has 0 saturated carbocycles. The first-order valence-corrected chi connectivity index (χ1v) is 11.8. The Labute approximate surface area is 209 Å². The zero-order valence-corrected chi connectivity index (χ0v) is 19.8. The molecule has 6 rings (SSSR count). The second-order valence-electron chi connectivity index (χ2n) is 8.97. The van der Waals surface area contributed by atoms with Crippen LogP contribution in [0.4, 0.5) is 14.5 Å². The third-order valence-corrected chi connectivity index (χ3v) is 6.61. The number of nitrogens with one attached hydrogen (secondary N) is 2. The summed E-state index contributed by atoms with van der Waals surface area (Å²) in [5.74, 6) is -0.531. The smallest absolute Gasteiger partial charge is 0.387 e. The van der Waals surface area contributed by atoms with Gasteiger partial charge >= 0.3 is 6.61 Å². The number of halogens is 2. The molecular formula is C24H23F2N9O2. The van der Waals surface area contributed by atoms with Crippen LogP contribution in [0.5, 0.6) is 5.75 Å². The Kier molecular flexibility index (Phi) is 5.75. The van der Waals surface area contributed by atoms with Gasteiger partial charge in [0.05, 0.1) is 30.1 Å². The maximum absolute atomic E-state index is 13.3. The molecule has 4 aromatic heterocycles. The Balaban J connectivity index is 1.43. The normalized spacial score (nSPS) is 16.3. The van der Waals surface area contributed by atoms with E-state index < -0.39 is 12.5 Å². The van der Waals surface area contributed by atoms with Crippen molar-refractivity contribution in [3.05, 3.63) is 54.7 Å². The fourth-order valence-corrected chi connectivity index (χ4v) is 4.76. The summed E-state index contributed by atoms with van der Waals surface area (Å²) in [7, 11) is 2.06. The van der Waals surface area contributed by atoms with Crippen molar-refractivity contribution in [1.29, 1.82) is 0 Å². The summed E-state index contributed by atoms with van der Waals surface area (Å²) in [6, 6.07) is 5.10. The first kappa shape index (κ1) is 23.0. The van der Waals surface area contributed by atoms with Gasteiger partial charge in [-0.1, -0.05) is 0 Å². The van der Waals surface area contributed by atoms with Gasteiger partial charge < -0.3 is 15.0 Å². The Morgan fingerprint density at radius 3 is 3.03 bits per heavy atom. The number of hydrogen-bond donors (Lipinski definition) is 2. The van der Waals surface area contributed by atoms with Crippen molar-refractivity contribution in [1.82, 2.24) is 39.5 Å².